The second-order valence-corrected chi connectivity index (χ2v) is 3.73. The molecule has 0 saturated carbocycles. The molecule has 2 rings (SSSR count). The molecule has 0 bridgehead atoms. The molecule has 0 aliphatic heterocycles. The topological polar surface area (TPSA) is 96.7 Å². The molecule has 4 N–H and O–H groups in total. The van der Waals surface area contributed by atoms with E-state index < -0.39 is 5.91 Å². The summed E-state index contributed by atoms with van der Waals surface area (Å²) in [4.78, 5) is 15.6. The zero-order valence-electron chi connectivity index (χ0n) is 9.61. The van der Waals surface area contributed by atoms with Crippen LogP contribution in [0.4, 0.5) is 11.6 Å². The summed E-state index contributed by atoms with van der Waals surface area (Å²) in [6.07, 6.45) is 1.62. The van der Waals surface area contributed by atoms with Gasteiger partial charge in [0.1, 0.15) is 11.6 Å². The minimum Gasteiger partial charge on any atom is -0.366 e. The minimum atomic E-state index is -0.458. The molecular weight excluding hydrogens is 218 g/mol. The van der Waals surface area contributed by atoms with E-state index in [1.165, 1.54) is 0 Å². The van der Waals surface area contributed by atoms with Crippen molar-refractivity contribution in [1.82, 2.24) is 15.2 Å². The van der Waals surface area contributed by atoms with E-state index in [2.05, 4.69) is 20.5 Å². The smallest absolute Gasteiger partial charge is 0.249 e. The van der Waals surface area contributed by atoms with E-state index in [-0.39, 0.29) is 0 Å². The van der Waals surface area contributed by atoms with Crippen molar-refractivity contribution in [2.24, 2.45) is 5.73 Å². The van der Waals surface area contributed by atoms with E-state index in [0.29, 0.717) is 17.2 Å². The molecule has 6 heteroatoms. The normalized spacial score (nSPS) is 10.2. The molecule has 0 saturated heterocycles. The third-order valence-corrected chi connectivity index (χ3v) is 2.54. The number of nitrogens with zero attached hydrogens (tertiary/aromatic N) is 2. The summed E-state index contributed by atoms with van der Waals surface area (Å²) < 4.78 is 0. The van der Waals surface area contributed by atoms with Crippen LogP contribution in [0.3, 0.4) is 0 Å². The average molecular weight is 231 g/mol. The highest BCUT2D eigenvalue weighted by Crippen LogP contribution is 2.18. The zero-order valence-corrected chi connectivity index (χ0v) is 9.61. The fourth-order valence-corrected chi connectivity index (χ4v) is 1.52. The van der Waals surface area contributed by atoms with Crippen LogP contribution < -0.4 is 11.1 Å². The molecule has 0 atom stereocenters. The number of aryl methyl sites for hydroxylation is 1. The molecule has 0 fully saturated rings. The Balaban J connectivity index is 2.39. The van der Waals surface area contributed by atoms with Gasteiger partial charge in [0.15, 0.2) is 0 Å². The third kappa shape index (κ3) is 2.25. The summed E-state index contributed by atoms with van der Waals surface area (Å²) in [6.45, 7) is 3.66. The molecule has 0 radical (unpaired) electrons. The molecule has 2 aromatic rings. The second-order valence-electron chi connectivity index (χ2n) is 3.73. The van der Waals surface area contributed by atoms with E-state index in [9.17, 15) is 4.79 Å². The predicted molar refractivity (Wildman–Crippen MR) is 64.1 cm³/mol. The number of rotatable bonds is 3. The van der Waals surface area contributed by atoms with E-state index >= 15 is 0 Å². The van der Waals surface area contributed by atoms with Crippen molar-refractivity contribution in [2.45, 2.75) is 13.8 Å². The van der Waals surface area contributed by atoms with Gasteiger partial charge < -0.3 is 11.1 Å². The fourth-order valence-electron chi connectivity index (χ4n) is 1.52. The van der Waals surface area contributed by atoms with Crippen molar-refractivity contribution in [3.8, 4) is 0 Å². The van der Waals surface area contributed by atoms with Gasteiger partial charge in [-0.25, -0.2) is 4.98 Å². The Labute approximate surface area is 98.3 Å². The van der Waals surface area contributed by atoms with Crippen molar-refractivity contribution in [3.63, 3.8) is 0 Å². The van der Waals surface area contributed by atoms with Gasteiger partial charge >= 0.3 is 0 Å². The number of nitrogens with two attached hydrogens (primary N) is 1. The fraction of sp³-hybridized carbons (Fsp3) is 0.182. The number of aromatic nitrogens is 3. The minimum absolute atomic E-state index is 0.458. The van der Waals surface area contributed by atoms with E-state index in [0.717, 1.165) is 11.3 Å². The number of anilines is 2. The lowest BCUT2D eigenvalue weighted by molar-refractivity contribution is 0.0999. The number of hydrogen-bond donors (Lipinski definition) is 3. The quantitative estimate of drug-likeness (QED) is 0.740. The Morgan fingerprint density at radius 3 is 2.82 bits per heavy atom. The van der Waals surface area contributed by atoms with E-state index in [1.54, 1.807) is 18.3 Å². The van der Waals surface area contributed by atoms with E-state index in [1.807, 2.05) is 13.8 Å². The maximum Gasteiger partial charge on any atom is 0.249 e. The third-order valence-electron chi connectivity index (χ3n) is 2.54. The number of H-pyrrole nitrogens is 1. The first kappa shape index (κ1) is 11.1. The molecule has 17 heavy (non-hydrogen) atoms. The van der Waals surface area contributed by atoms with Gasteiger partial charge in [0.25, 0.3) is 0 Å². The van der Waals surface area contributed by atoms with Crippen molar-refractivity contribution in [1.29, 1.82) is 0 Å². The number of primary amides is 1. The monoisotopic (exact) mass is 231 g/mol. The molecule has 0 aromatic carbocycles. The molecule has 2 heterocycles. The Morgan fingerprint density at radius 1 is 1.47 bits per heavy atom. The first-order valence-electron chi connectivity index (χ1n) is 5.12. The summed E-state index contributed by atoms with van der Waals surface area (Å²) >= 11 is 0. The van der Waals surface area contributed by atoms with Gasteiger partial charge in [-0.3, -0.25) is 9.89 Å². The number of carbonyl (C=O) groups is 1. The van der Waals surface area contributed by atoms with Crippen LogP contribution in [0.15, 0.2) is 18.3 Å². The van der Waals surface area contributed by atoms with Gasteiger partial charge in [0, 0.05) is 17.3 Å². The number of aromatic amines is 1. The maximum absolute atomic E-state index is 11.3. The number of nitrogens with one attached hydrogen (secondary N) is 2. The lowest BCUT2D eigenvalue weighted by atomic mass is 10.1. The van der Waals surface area contributed by atoms with Crippen LogP contribution in [0.5, 0.6) is 0 Å². The number of amides is 1. The van der Waals surface area contributed by atoms with Crippen molar-refractivity contribution >= 4 is 17.5 Å². The highest BCUT2D eigenvalue weighted by atomic mass is 16.1. The largest absolute Gasteiger partial charge is 0.366 e. The highest BCUT2D eigenvalue weighted by Gasteiger charge is 2.10. The summed E-state index contributed by atoms with van der Waals surface area (Å²) in [6, 6.07) is 3.40. The number of pyridine rings is 1. The molecule has 2 aromatic heterocycles. The van der Waals surface area contributed by atoms with E-state index in [4.69, 9.17) is 5.73 Å². The van der Waals surface area contributed by atoms with Gasteiger partial charge in [-0.05, 0) is 25.5 Å². The average Bonchev–Trinajstić information content (AvgIpc) is 2.75. The molecule has 88 valence electrons. The van der Waals surface area contributed by atoms with Crippen LogP contribution in [0, 0.1) is 13.8 Å². The van der Waals surface area contributed by atoms with Crippen LogP contribution in [0.2, 0.25) is 0 Å². The molecule has 0 spiro atoms. The van der Waals surface area contributed by atoms with Gasteiger partial charge in [-0.1, -0.05) is 0 Å². The Bertz CT molecular complexity index is 547. The van der Waals surface area contributed by atoms with Crippen LogP contribution >= 0.6 is 0 Å². The Kier molecular flexibility index (Phi) is 2.78. The molecule has 0 aliphatic rings. The predicted octanol–water partition coefficient (Wildman–Crippen LogP) is 1.26. The molecule has 6 nitrogen and oxygen atoms in total. The van der Waals surface area contributed by atoms with Crippen molar-refractivity contribution in [2.75, 3.05) is 5.32 Å². The van der Waals surface area contributed by atoms with Crippen molar-refractivity contribution < 1.29 is 4.79 Å². The van der Waals surface area contributed by atoms with Crippen LogP contribution in [-0.2, 0) is 0 Å². The summed E-state index contributed by atoms with van der Waals surface area (Å²) in [5.74, 6) is 0.808. The first-order chi connectivity index (χ1) is 8.08. The number of carbonyl (C=O) groups excluding carboxylic acids is 1. The Hall–Kier alpha value is -2.37. The molecular formula is C11H13N5O. The summed E-state index contributed by atoms with van der Waals surface area (Å²) in [5, 5.41) is 9.57. The standard InChI is InChI=1S/C11H13N5O/c1-6-7(2)14-10(5-8(6)11(12)17)15-9-3-4-13-16-9/h3-5H,1-2H3,(H2,12,17)(H2,13,14,15,16). The van der Waals surface area contributed by atoms with Crippen LogP contribution in [0.25, 0.3) is 0 Å². The lowest BCUT2D eigenvalue weighted by Gasteiger charge is -2.09. The summed E-state index contributed by atoms with van der Waals surface area (Å²) in [7, 11) is 0. The SMILES string of the molecule is Cc1nc(Nc2ccn[nH]2)cc(C(N)=O)c1C. The van der Waals surface area contributed by atoms with Crippen LogP contribution in [-0.4, -0.2) is 21.1 Å². The maximum atomic E-state index is 11.3. The van der Waals surface area contributed by atoms with Gasteiger partial charge in [0.2, 0.25) is 5.91 Å². The van der Waals surface area contributed by atoms with Gasteiger partial charge in [-0.15, -0.1) is 0 Å². The summed E-state index contributed by atoms with van der Waals surface area (Å²) in [5.41, 5.74) is 7.35. The number of hydrogen-bond acceptors (Lipinski definition) is 4. The highest BCUT2D eigenvalue weighted by molar-refractivity contribution is 5.95. The van der Waals surface area contributed by atoms with Gasteiger partial charge in [-0.2, -0.15) is 5.10 Å². The van der Waals surface area contributed by atoms with Crippen LogP contribution in [0.1, 0.15) is 21.6 Å². The zero-order chi connectivity index (χ0) is 12.4. The first-order valence-corrected chi connectivity index (χ1v) is 5.12. The molecule has 1 amide bonds. The molecule has 0 aliphatic carbocycles. The lowest BCUT2D eigenvalue weighted by Crippen LogP contribution is -2.14. The van der Waals surface area contributed by atoms with Crippen molar-refractivity contribution in [3.05, 3.63) is 35.2 Å². The Morgan fingerprint density at radius 2 is 2.24 bits per heavy atom. The van der Waals surface area contributed by atoms with Gasteiger partial charge in [0.05, 0.1) is 6.20 Å². The molecule has 0 unspecified atom stereocenters. The second kappa shape index (κ2) is 4.25.